The van der Waals surface area contributed by atoms with Crippen LogP contribution in [0.15, 0.2) is 24.3 Å². The van der Waals surface area contributed by atoms with Crippen LogP contribution in [0.4, 0.5) is 0 Å². The molecule has 5 rings (SSSR count). The molecule has 0 aromatic heterocycles. The second kappa shape index (κ2) is 46.5. The van der Waals surface area contributed by atoms with Gasteiger partial charge in [0.1, 0.15) is 84.1 Å². The number of carbonyl (C=O) groups excluding carboxylic acids is 14. The molecule has 4 fully saturated rings. The summed E-state index contributed by atoms with van der Waals surface area (Å²) < 4.78 is 6.17. The molecule has 4 saturated heterocycles. The summed E-state index contributed by atoms with van der Waals surface area (Å²) in [6, 6.07) is -14.8. The fraction of sp³-hybridized carbons (Fsp3) is 0.720. The average Bonchev–Trinajstić information content (AvgIpc) is 1.52. The van der Waals surface area contributed by atoms with E-state index < -0.39 is 255 Å². The molecule has 0 bridgehead atoms. The Morgan fingerprint density at radius 1 is 0.588 bits per heavy atom. The van der Waals surface area contributed by atoms with Gasteiger partial charge >= 0.3 is 5.97 Å². The molecule has 4 heterocycles. The molecular formula is C75H122N16O23. The number of esters is 1. The van der Waals surface area contributed by atoms with Crippen molar-refractivity contribution in [1.29, 1.82) is 5.41 Å². The predicted octanol–water partition coefficient (Wildman–Crippen LogP) is -5.56. The van der Waals surface area contributed by atoms with Gasteiger partial charge in [0.15, 0.2) is 0 Å². The first kappa shape index (κ1) is 95.5. The molecule has 0 spiro atoms. The van der Waals surface area contributed by atoms with E-state index in [2.05, 4.69) is 60.1 Å². The summed E-state index contributed by atoms with van der Waals surface area (Å²) in [6.45, 7) is 8.77. The smallest absolute Gasteiger partial charge is 0.329 e. The Morgan fingerprint density at radius 3 is 1.67 bits per heavy atom. The van der Waals surface area contributed by atoms with Gasteiger partial charge in [-0.25, -0.2) is 4.79 Å². The topological polar surface area (TPSA) is 616 Å². The molecule has 114 heavy (non-hydrogen) atoms. The maximum Gasteiger partial charge on any atom is 0.329 e. The molecule has 19 atom stereocenters. The number of benzene rings is 1. The molecule has 23 N–H and O–H groups in total. The Bertz CT molecular complexity index is 3460. The first-order valence-electron chi connectivity index (χ1n) is 39.5. The molecule has 1 aromatic rings. The molecule has 640 valence electrons. The second-order valence-electron chi connectivity index (χ2n) is 30.6. The van der Waals surface area contributed by atoms with Crippen molar-refractivity contribution in [2.45, 2.75) is 293 Å². The Hall–Kier alpha value is -9.09. The lowest BCUT2D eigenvalue weighted by Crippen LogP contribution is -2.64. The molecule has 1 aromatic carbocycles. The van der Waals surface area contributed by atoms with Crippen LogP contribution in [-0.2, 0) is 78.3 Å². The highest BCUT2D eigenvalue weighted by Gasteiger charge is 2.49. The summed E-state index contributed by atoms with van der Waals surface area (Å²) in [7, 11) is 0. The van der Waals surface area contributed by atoms with Crippen LogP contribution < -0.4 is 64.6 Å². The van der Waals surface area contributed by atoms with E-state index in [1.54, 1.807) is 0 Å². The number of rotatable bonds is 26. The van der Waals surface area contributed by atoms with Crippen LogP contribution in [0.2, 0.25) is 0 Å². The fourth-order valence-corrected chi connectivity index (χ4v) is 13.8. The SMILES string of the molecule is CCCCCCCCCCCCC[C@@H]1CC(=O)N[C@H]([C@@H](C)O)C(=O)N[C@H](C)C(=O)N[C@@H](Cc2ccc(O)cc2)C(=O)N[C@@H](C(C)C)C(=O)N2C[C@H](O)C[C@H]2C(=O)N[C@H]([C@@H](C)O)C(=O)N[C@@H]([C@@H](C)O)C(=O)N2CC[C@H](O)[C@H]2C(=O)N[C@@H]([C@H](O)CC(N)=O)C(=O)NCC(=O)N[C@H]([C@@H](C)O)C(=O)N(C(=N)C2CNC2)[C@@H](CCCN)C(=O)O1. The molecule has 0 aliphatic carbocycles. The highest BCUT2D eigenvalue weighted by atomic mass is 16.5. The van der Waals surface area contributed by atoms with Crippen LogP contribution >= 0.6 is 0 Å². The highest BCUT2D eigenvalue weighted by molar-refractivity contribution is 6.06. The van der Waals surface area contributed by atoms with Crippen LogP contribution in [0.5, 0.6) is 5.75 Å². The van der Waals surface area contributed by atoms with E-state index in [-0.39, 0.29) is 57.5 Å². The number of aliphatic hydroxyl groups is 7. The number of aromatic hydroxyl groups is 1. The number of fused-ring (bicyclic) bond motifs is 2. The summed E-state index contributed by atoms with van der Waals surface area (Å²) in [5.74, 6) is -18.7. The molecule has 39 heteroatoms. The van der Waals surface area contributed by atoms with Crippen LogP contribution in [0.3, 0.4) is 0 Å². The van der Waals surface area contributed by atoms with E-state index in [9.17, 15) is 104 Å². The number of nitrogens with zero attached hydrogens (tertiary/aromatic N) is 3. The van der Waals surface area contributed by atoms with Crippen molar-refractivity contribution in [3.63, 3.8) is 0 Å². The van der Waals surface area contributed by atoms with E-state index >= 15 is 9.59 Å². The average molecular weight is 1620 g/mol. The van der Waals surface area contributed by atoms with E-state index in [0.717, 1.165) is 95.3 Å². The van der Waals surface area contributed by atoms with Crippen LogP contribution in [0, 0.1) is 17.2 Å². The molecule has 13 amide bonds. The Morgan fingerprint density at radius 2 is 1.11 bits per heavy atom. The monoisotopic (exact) mass is 1610 g/mol. The first-order chi connectivity index (χ1) is 53.8. The van der Waals surface area contributed by atoms with Gasteiger partial charge in [-0.15, -0.1) is 0 Å². The zero-order chi connectivity index (χ0) is 85.0. The zero-order valence-corrected chi connectivity index (χ0v) is 66.3. The number of nitrogens with two attached hydrogens (primary N) is 2. The number of phenols is 1. The van der Waals surface area contributed by atoms with Crippen molar-refractivity contribution in [3.05, 3.63) is 29.8 Å². The van der Waals surface area contributed by atoms with Gasteiger partial charge in [-0.05, 0) is 96.9 Å². The third-order valence-corrected chi connectivity index (χ3v) is 20.6. The molecule has 0 saturated carbocycles. The number of carbonyl (C=O) groups is 14. The number of ether oxygens (including phenoxy) is 1. The number of cyclic esters (lactones) is 1. The maximum absolute atomic E-state index is 15.2. The van der Waals surface area contributed by atoms with Gasteiger partial charge in [0, 0.05) is 44.9 Å². The van der Waals surface area contributed by atoms with Crippen molar-refractivity contribution in [3.8, 4) is 5.75 Å². The van der Waals surface area contributed by atoms with Gasteiger partial charge < -0.3 is 120 Å². The van der Waals surface area contributed by atoms with Gasteiger partial charge in [0.05, 0.1) is 62.1 Å². The Labute approximate surface area is 662 Å². The van der Waals surface area contributed by atoms with Crippen LogP contribution in [0.1, 0.15) is 177 Å². The lowest BCUT2D eigenvalue weighted by Gasteiger charge is -2.39. The minimum atomic E-state index is -2.25. The summed E-state index contributed by atoms with van der Waals surface area (Å²) in [4.78, 5) is 203. The Kier molecular flexibility index (Phi) is 38.9. The quantitative estimate of drug-likeness (QED) is 0.0178. The molecule has 4 aliphatic rings. The van der Waals surface area contributed by atoms with E-state index in [4.69, 9.17) is 16.2 Å². The van der Waals surface area contributed by atoms with Crippen molar-refractivity contribution >= 4 is 88.6 Å². The number of phenolic OH excluding ortho intramolecular Hbond substituents is 1. The van der Waals surface area contributed by atoms with Crippen molar-refractivity contribution in [2.75, 3.05) is 39.3 Å². The van der Waals surface area contributed by atoms with Crippen molar-refractivity contribution < 1.29 is 113 Å². The standard InChI is InChI=1S/C75H122N16O23/c1-9-10-11-12-13-14-15-16-17-18-19-21-48-32-55(101)83-58(40(5)92)69(107)81-39(4)65(103)82-49(30-44-23-25-46(96)26-24-44)66(104)85-57(38(2)3)72(110)90-37-47(97)31-51(90)67(105)86-59(41(6)93)70(108)87-60(42(7)94)73(111)89-29-27-52(98)63(89)71(109)88-62(53(99)33-54(77)100)68(106)80-36-56(102)84-61(43(8)95)74(112)91(64(78)45-34-79-35-45)50(22-20-28-76)75(113)114-48/h23-26,38-43,45,47-53,57-63,78-79,92-99H,9-22,27-37,76H2,1-8H3,(H2,77,100)(H,80,106)(H,81,107)(H,82,103)(H,83,101)(H,84,102)(H,85,104)(H,86,105)(H,87,108)(H,88,109)/t39-,40-,41-,42-,43-,47-,48-,49+,50+,51+,52+,53-,57+,58-,59-,60+,61-,62+,63+/m1/s1. The summed E-state index contributed by atoms with van der Waals surface area (Å²) in [6.07, 6.45) is -6.85. The minimum absolute atomic E-state index is 0.00151. The van der Waals surface area contributed by atoms with Gasteiger partial charge in [0.2, 0.25) is 70.9 Å². The third-order valence-electron chi connectivity index (χ3n) is 20.6. The van der Waals surface area contributed by atoms with Crippen LogP contribution in [0.25, 0.3) is 0 Å². The number of hydrogen-bond acceptors (Lipinski definition) is 26. The molecular weight excluding hydrogens is 1490 g/mol. The Balaban J connectivity index is 1.60. The molecule has 39 nitrogen and oxygen atoms in total. The fourth-order valence-electron chi connectivity index (χ4n) is 13.8. The van der Waals surface area contributed by atoms with E-state index in [0.29, 0.717) is 23.3 Å². The summed E-state index contributed by atoms with van der Waals surface area (Å²) >= 11 is 0. The van der Waals surface area contributed by atoms with Gasteiger partial charge in [-0.3, -0.25) is 72.6 Å². The third kappa shape index (κ3) is 28.4. The zero-order valence-electron chi connectivity index (χ0n) is 66.3. The number of hydrogen-bond donors (Lipinski definition) is 21. The number of aliphatic hydroxyl groups excluding tert-OH is 7. The molecule has 4 aliphatic heterocycles. The second-order valence-corrected chi connectivity index (χ2v) is 30.6. The molecule has 0 radical (unpaired) electrons. The number of nitrogens with one attached hydrogen (secondary N) is 11. The number of amides is 13. The van der Waals surface area contributed by atoms with Gasteiger partial charge in [0.25, 0.3) is 5.91 Å². The summed E-state index contributed by atoms with van der Waals surface area (Å²) in [5, 5.41) is 122. The normalized spacial score (nSPS) is 28.1. The lowest BCUT2D eigenvalue weighted by atomic mass is 9.97. The maximum atomic E-state index is 15.2. The highest BCUT2D eigenvalue weighted by Crippen LogP contribution is 2.27. The van der Waals surface area contributed by atoms with Crippen molar-refractivity contribution in [1.82, 2.24) is 67.9 Å². The van der Waals surface area contributed by atoms with Crippen LogP contribution in [-0.4, -0.2) is 299 Å². The molecule has 0 unspecified atom stereocenters. The largest absolute Gasteiger partial charge is 0.508 e. The van der Waals surface area contributed by atoms with E-state index in [1.165, 1.54) is 45.0 Å². The lowest BCUT2D eigenvalue weighted by molar-refractivity contribution is -0.160. The predicted molar refractivity (Wildman–Crippen MR) is 408 cm³/mol. The number of unbranched alkanes of at least 4 members (excludes halogenated alkanes) is 10. The van der Waals surface area contributed by atoms with Crippen molar-refractivity contribution in [2.24, 2.45) is 23.3 Å². The number of primary amides is 1. The van der Waals surface area contributed by atoms with Gasteiger partial charge in [-0.2, -0.15) is 0 Å². The first-order valence-corrected chi connectivity index (χ1v) is 39.5. The summed E-state index contributed by atoms with van der Waals surface area (Å²) in [5.41, 5.74) is 11.7. The number of amidine groups is 1. The minimum Gasteiger partial charge on any atom is -0.508 e. The van der Waals surface area contributed by atoms with Gasteiger partial charge in [-0.1, -0.05) is 97.1 Å². The van der Waals surface area contributed by atoms with E-state index in [1.807, 2.05) is 0 Å².